The maximum absolute atomic E-state index is 10.6. The van der Waals surface area contributed by atoms with E-state index in [0.29, 0.717) is 12.8 Å². The van der Waals surface area contributed by atoms with E-state index in [-0.39, 0.29) is 12.4 Å². The van der Waals surface area contributed by atoms with Crippen LogP contribution in [0.1, 0.15) is 12.0 Å². The van der Waals surface area contributed by atoms with Crippen LogP contribution in [-0.2, 0) is 16.0 Å². The summed E-state index contributed by atoms with van der Waals surface area (Å²) in [5, 5.41) is 15.1. The number of hydrogen-bond donors (Lipinski definition) is 3. The molecule has 2 rings (SSSR count). The van der Waals surface area contributed by atoms with Crippen LogP contribution in [-0.4, -0.2) is 22.7 Å². The predicted molar refractivity (Wildman–Crippen MR) is 79.8 cm³/mol. The second-order valence-corrected chi connectivity index (χ2v) is 3.78. The summed E-state index contributed by atoms with van der Waals surface area (Å²) in [4.78, 5) is 19.0. The third-order valence-corrected chi connectivity index (χ3v) is 2.27. The van der Waals surface area contributed by atoms with Gasteiger partial charge in [0.05, 0.1) is 0 Å². The predicted octanol–water partition coefficient (Wildman–Crippen LogP) is 2.51. The summed E-state index contributed by atoms with van der Waals surface area (Å²) in [5.74, 6) is -0.348. The summed E-state index contributed by atoms with van der Waals surface area (Å²) >= 11 is 0. The topological polar surface area (TPSA) is 86.6 Å². The summed E-state index contributed by atoms with van der Waals surface area (Å²) in [7, 11) is 0. The van der Waals surface area contributed by atoms with E-state index in [4.69, 9.17) is 15.1 Å². The highest BCUT2D eigenvalue weighted by molar-refractivity contribution is 5.74. The minimum Gasteiger partial charge on any atom is -0.483 e. The van der Waals surface area contributed by atoms with Crippen molar-refractivity contribution in [2.24, 2.45) is 0 Å². The molecule has 0 aliphatic rings. The summed E-state index contributed by atoms with van der Waals surface area (Å²) in [5.41, 5.74) is 2.69. The minimum absolute atomic E-state index is 0.250. The Kier molecular flexibility index (Phi) is 12.0. The Morgan fingerprint density at radius 1 is 0.952 bits per heavy atom. The number of hydrogen-bond acceptors (Lipinski definition) is 3. The van der Waals surface area contributed by atoms with Crippen LogP contribution in [0.2, 0.25) is 0 Å². The average molecular weight is 289 g/mol. The van der Waals surface area contributed by atoms with Crippen molar-refractivity contribution in [3.8, 4) is 0 Å². The largest absolute Gasteiger partial charge is 0.483 e. The van der Waals surface area contributed by atoms with Gasteiger partial charge in [-0.1, -0.05) is 66.7 Å². The lowest BCUT2D eigenvalue weighted by atomic mass is 10.1. The molecule has 0 saturated carbocycles. The number of rotatable bonds is 3. The lowest BCUT2D eigenvalue weighted by Crippen LogP contribution is -2.18. The second kappa shape index (κ2) is 13.8. The van der Waals surface area contributed by atoms with Crippen LogP contribution in [0.5, 0.6) is 0 Å². The second-order valence-electron chi connectivity index (χ2n) is 3.78. The van der Waals surface area contributed by atoms with Crippen molar-refractivity contribution in [2.75, 3.05) is 0 Å². The van der Waals surface area contributed by atoms with E-state index < -0.39 is 0 Å². The highest BCUT2D eigenvalue weighted by Gasteiger charge is 1.98. The Morgan fingerprint density at radius 2 is 1.33 bits per heavy atom. The van der Waals surface area contributed by atoms with Crippen molar-refractivity contribution in [1.29, 1.82) is 0 Å². The van der Waals surface area contributed by atoms with Gasteiger partial charge < -0.3 is 5.11 Å². The smallest absolute Gasteiger partial charge is 0.290 e. The van der Waals surface area contributed by atoms with Crippen LogP contribution in [0.3, 0.4) is 0 Å². The van der Waals surface area contributed by atoms with Gasteiger partial charge in [0.15, 0.2) is 0 Å². The molecule has 0 aromatic heterocycles. The summed E-state index contributed by atoms with van der Waals surface area (Å²) in [6.45, 7) is -0.250. The van der Waals surface area contributed by atoms with E-state index in [1.54, 1.807) is 5.48 Å². The highest BCUT2D eigenvalue weighted by atomic mass is 16.5. The zero-order valence-electron chi connectivity index (χ0n) is 11.6. The molecule has 0 bridgehead atoms. The number of carbonyl (C=O) groups is 2. The lowest BCUT2D eigenvalue weighted by Gasteiger charge is -1.98. The summed E-state index contributed by atoms with van der Waals surface area (Å²) < 4.78 is 0. The Labute approximate surface area is 123 Å². The Bertz CT molecular complexity index is 447. The van der Waals surface area contributed by atoms with Crippen molar-refractivity contribution in [2.45, 2.75) is 12.8 Å². The number of benzene rings is 2. The van der Waals surface area contributed by atoms with Gasteiger partial charge in [-0.15, -0.1) is 0 Å². The standard InChI is InChI=1S/C9H11NO2.C6H6.CH2O2/c11-9(10-12)7-6-8-4-2-1-3-5-8;1-2-4-6-5-3-1;2-1-3/h1-5,12H,6-7H2,(H,10,11);1-6H;1H,(H,2,3). The molecule has 0 unspecified atom stereocenters. The molecule has 112 valence electrons. The van der Waals surface area contributed by atoms with Gasteiger partial charge in [0.1, 0.15) is 0 Å². The maximum atomic E-state index is 10.6. The van der Waals surface area contributed by atoms with E-state index in [0.717, 1.165) is 5.56 Å². The zero-order valence-corrected chi connectivity index (χ0v) is 11.6. The Balaban J connectivity index is 0.000000369. The quantitative estimate of drug-likeness (QED) is 0.460. The average Bonchev–Trinajstić information content (AvgIpc) is 2.56. The first kappa shape index (κ1) is 18.3. The minimum atomic E-state index is -0.348. The number of carbonyl (C=O) groups excluding carboxylic acids is 1. The van der Waals surface area contributed by atoms with Crippen molar-refractivity contribution >= 4 is 12.4 Å². The third kappa shape index (κ3) is 12.1. The fraction of sp³-hybridized carbons (Fsp3) is 0.125. The molecule has 0 saturated heterocycles. The van der Waals surface area contributed by atoms with Crippen LogP contribution >= 0.6 is 0 Å². The number of aryl methyl sites for hydroxylation is 1. The summed E-state index contributed by atoms with van der Waals surface area (Å²) in [6.07, 6.45) is 0.980. The van der Waals surface area contributed by atoms with Gasteiger partial charge in [-0.25, -0.2) is 5.48 Å². The van der Waals surface area contributed by atoms with Crippen molar-refractivity contribution in [3.05, 3.63) is 72.3 Å². The van der Waals surface area contributed by atoms with E-state index in [2.05, 4.69) is 0 Å². The molecule has 0 heterocycles. The molecule has 5 heteroatoms. The number of amides is 1. The molecule has 0 fully saturated rings. The van der Waals surface area contributed by atoms with Crippen LogP contribution in [0.25, 0.3) is 0 Å². The van der Waals surface area contributed by atoms with Gasteiger partial charge >= 0.3 is 0 Å². The molecule has 0 spiro atoms. The molecule has 5 nitrogen and oxygen atoms in total. The number of carboxylic acid groups (broad SMARTS) is 1. The maximum Gasteiger partial charge on any atom is 0.290 e. The fourth-order valence-corrected chi connectivity index (χ4v) is 1.34. The molecule has 2 aromatic carbocycles. The van der Waals surface area contributed by atoms with Crippen LogP contribution in [0.15, 0.2) is 66.7 Å². The van der Waals surface area contributed by atoms with Gasteiger partial charge in [-0.3, -0.25) is 14.8 Å². The normalized spacial score (nSPS) is 8.24. The first-order chi connectivity index (χ1) is 10.2. The molecule has 1 amide bonds. The monoisotopic (exact) mass is 289 g/mol. The van der Waals surface area contributed by atoms with Crippen molar-refractivity contribution in [3.63, 3.8) is 0 Å². The Morgan fingerprint density at radius 3 is 1.71 bits per heavy atom. The molecule has 2 aromatic rings. The summed E-state index contributed by atoms with van der Waals surface area (Å²) in [6, 6.07) is 21.7. The first-order valence-electron chi connectivity index (χ1n) is 6.29. The lowest BCUT2D eigenvalue weighted by molar-refractivity contribution is -0.129. The van der Waals surface area contributed by atoms with E-state index in [1.807, 2.05) is 66.7 Å². The highest BCUT2D eigenvalue weighted by Crippen LogP contribution is 2.01. The molecule has 0 aliphatic heterocycles. The van der Waals surface area contributed by atoms with Gasteiger partial charge in [-0.05, 0) is 12.0 Å². The SMILES string of the molecule is O=C(CCc1ccccc1)NO.O=CO.c1ccccc1. The van der Waals surface area contributed by atoms with E-state index >= 15 is 0 Å². The molecule has 0 radical (unpaired) electrons. The van der Waals surface area contributed by atoms with Gasteiger partial charge in [0, 0.05) is 6.42 Å². The van der Waals surface area contributed by atoms with Crippen molar-refractivity contribution < 1.29 is 19.9 Å². The van der Waals surface area contributed by atoms with Gasteiger partial charge in [-0.2, -0.15) is 0 Å². The number of hydroxylamine groups is 1. The first-order valence-corrected chi connectivity index (χ1v) is 6.29. The number of nitrogens with one attached hydrogen (secondary N) is 1. The van der Waals surface area contributed by atoms with E-state index in [1.165, 1.54) is 0 Å². The molecule has 3 N–H and O–H groups in total. The zero-order chi connectivity index (χ0) is 15.8. The van der Waals surface area contributed by atoms with Crippen LogP contribution in [0.4, 0.5) is 0 Å². The van der Waals surface area contributed by atoms with Gasteiger partial charge in [0.25, 0.3) is 6.47 Å². The van der Waals surface area contributed by atoms with Gasteiger partial charge in [0.2, 0.25) is 5.91 Å². The Hall–Kier alpha value is -2.66. The molecule has 21 heavy (non-hydrogen) atoms. The van der Waals surface area contributed by atoms with Crippen LogP contribution < -0.4 is 5.48 Å². The fourth-order valence-electron chi connectivity index (χ4n) is 1.34. The molecule has 0 aliphatic carbocycles. The molecule has 0 atom stereocenters. The van der Waals surface area contributed by atoms with Crippen molar-refractivity contribution in [1.82, 2.24) is 5.48 Å². The van der Waals surface area contributed by atoms with E-state index in [9.17, 15) is 4.79 Å². The van der Waals surface area contributed by atoms with Crippen LogP contribution in [0, 0.1) is 0 Å². The molecular weight excluding hydrogens is 270 g/mol. The third-order valence-electron chi connectivity index (χ3n) is 2.27. The molecular formula is C16H19NO4.